The van der Waals surface area contributed by atoms with Crippen LogP contribution >= 0.6 is 23.1 Å². The molecule has 4 nitrogen and oxygen atoms in total. The van der Waals surface area contributed by atoms with Gasteiger partial charge in [0.1, 0.15) is 5.75 Å². The predicted octanol–water partition coefficient (Wildman–Crippen LogP) is 4.59. The molecule has 0 atom stereocenters. The molecule has 26 heavy (non-hydrogen) atoms. The van der Waals surface area contributed by atoms with Gasteiger partial charge in [0.25, 0.3) is 0 Å². The average Bonchev–Trinajstić information content (AvgIpc) is 3.43. The lowest BCUT2D eigenvalue weighted by Gasteiger charge is -2.22. The number of benzene rings is 2. The van der Waals surface area contributed by atoms with Crippen LogP contribution in [0.4, 0.5) is 0 Å². The Labute approximate surface area is 161 Å². The Bertz CT molecular complexity index is 871. The number of carbonyl (C=O) groups is 1. The zero-order valence-electron chi connectivity index (χ0n) is 14.6. The molecule has 3 aromatic rings. The number of thiazole rings is 1. The molecule has 1 saturated carbocycles. The highest BCUT2D eigenvalue weighted by atomic mass is 32.2. The minimum atomic E-state index is 0.188. The number of para-hydroxylation sites is 1. The van der Waals surface area contributed by atoms with E-state index in [0.717, 1.165) is 34.0 Å². The lowest BCUT2D eigenvalue weighted by atomic mass is 10.2. The number of carbonyl (C=O) groups excluding carboxylic acids is 1. The first kappa shape index (κ1) is 17.4. The maximum Gasteiger partial charge on any atom is 0.233 e. The first-order chi connectivity index (χ1) is 12.7. The maximum absolute atomic E-state index is 12.8. The van der Waals surface area contributed by atoms with Crippen molar-refractivity contribution in [1.29, 1.82) is 0 Å². The first-order valence-electron chi connectivity index (χ1n) is 8.64. The number of fused-ring (bicyclic) bond motifs is 1. The Morgan fingerprint density at radius 2 is 2.00 bits per heavy atom. The summed E-state index contributed by atoms with van der Waals surface area (Å²) in [5.41, 5.74) is 2.14. The standard InChI is InChI=1S/C20H20N2O2S2/c1-24-16-10-6-14(7-11-16)12-22(15-8-9-15)19(23)13-25-20-21-17-4-2-3-5-18(17)26-20/h2-7,10-11,15H,8-9,12-13H2,1H3. The summed E-state index contributed by atoms with van der Waals surface area (Å²) in [5, 5.41) is 0. The van der Waals surface area contributed by atoms with E-state index in [-0.39, 0.29) is 5.91 Å². The summed E-state index contributed by atoms with van der Waals surface area (Å²) >= 11 is 3.19. The number of hydrogen-bond acceptors (Lipinski definition) is 5. The molecule has 1 aromatic heterocycles. The molecule has 0 radical (unpaired) electrons. The van der Waals surface area contributed by atoms with E-state index in [4.69, 9.17) is 4.74 Å². The van der Waals surface area contributed by atoms with Crippen molar-refractivity contribution in [3.63, 3.8) is 0 Å². The molecule has 1 fully saturated rings. The monoisotopic (exact) mass is 384 g/mol. The van der Waals surface area contributed by atoms with Crippen LogP contribution in [0.25, 0.3) is 10.2 Å². The molecule has 6 heteroatoms. The lowest BCUT2D eigenvalue weighted by Crippen LogP contribution is -2.33. The third-order valence-electron chi connectivity index (χ3n) is 4.41. The van der Waals surface area contributed by atoms with Crippen molar-refractivity contribution in [2.45, 2.75) is 29.8 Å². The van der Waals surface area contributed by atoms with Crippen molar-refractivity contribution < 1.29 is 9.53 Å². The molecular formula is C20H20N2O2S2. The van der Waals surface area contributed by atoms with Crippen molar-refractivity contribution in [1.82, 2.24) is 9.88 Å². The molecule has 0 unspecified atom stereocenters. The second-order valence-electron chi connectivity index (χ2n) is 6.34. The first-order valence-corrected chi connectivity index (χ1v) is 10.4. The van der Waals surface area contributed by atoms with Gasteiger partial charge in [-0.15, -0.1) is 11.3 Å². The van der Waals surface area contributed by atoms with Crippen molar-refractivity contribution in [2.24, 2.45) is 0 Å². The van der Waals surface area contributed by atoms with Gasteiger partial charge in [-0.25, -0.2) is 4.98 Å². The SMILES string of the molecule is COc1ccc(CN(C(=O)CSc2nc3ccccc3s2)C2CC2)cc1. The summed E-state index contributed by atoms with van der Waals surface area (Å²) in [4.78, 5) is 19.4. The second-order valence-corrected chi connectivity index (χ2v) is 8.59. The number of nitrogens with zero attached hydrogens (tertiary/aromatic N) is 2. The van der Waals surface area contributed by atoms with Gasteiger partial charge in [0.05, 0.1) is 23.1 Å². The summed E-state index contributed by atoms with van der Waals surface area (Å²) in [6, 6.07) is 16.4. The highest BCUT2D eigenvalue weighted by Crippen LogP contribution is 2.32. The van der Waals surface area contributed by atoms with E-state index in [2.05, 4.69) is 11.1 Å². The lowest BCUT2D eigenvalue weighted by molar-refractivity contribution is -0.129. The number of aromatic nitrogens is 1. The van der Waals surface area contributed by atoms with Gasteiger partial charge in [0, 0.05) is 12.6 Å². The Hall–Kier alpha value is -2.05. The molecular weight excluding hydrogens is 364 g/mol. The fraction of sp³-hybridized carbons (Fsp3) is 0.300. The highest BCUT2D eigenvalue weighted by Gasteiger charge is 2.32. The molecule has 0 bridgehead atoms. The van der Waals surface area contributed by atoms with Crippen molar-refractivity contribution in [3.8, 4) is 5.75 Å². The summed E-state index contributed by atoms with van der Waals surface area (Å²) in [6.07, 6.45) is 2.21. The molecule has 1 aliphatic rings. The molecule has 1 aliphatic carbocycles. The van der Waals surface area contributed by atoms with Crippen LogP contribution in [0.1, 0.15) is 18.4 Å². The zero-order valence-corrected chi connectivity index (χ0v) is 16.2. The Kier molecular flexibility index (Phi) is 5.13. The largest absolute Gasteiger partial charge is 0.497 e. The van der Waals surface area contributed by atoms with Crippen LogP contribution in [0.2, 0.25) is 0 Å². The van der Waals surface area contributed by atoms with Crippen LogP contribution in [0, 0.1) is 0 Å². The quantitative estimate of drug-likeness (QED) is 0.559. The van der Waals surface area contributed by atoms with Gasteiger partial charge >= 0.3 is 0 Å². The van der Waals surface area contributed by atoms with Gasteiger partial charge in [-0.2, -0.15) is 0 Å². The average molecular weight is 385 g/mol. The van der Waals surface area contributed by atoms with Crippen LogP contribution in [0.15, 0.2) is 52.9 Å². The number of thioether (sulfide) groups is 1. The zero-order chi connectivity index (χ0) is 17.9. The Morgan fingerprint density at radius 1 is 1.23 bits per heavy atom. The number of methoxy groups -OCH3 is 1. The van der Waals surface area contributed by atoms with Gasteiger partial charge < -0.3 is 9.64 Å². The minimum Gasteiger partial charge on any atom is -0.497 e. The number of ether oxygens (including phenoxy) is 1. The van der Waals surface area contributed by atoms with Gasteiger partial charge in [-0.05, 0) is 42.7 Å². The van der Waals surface area contributed by atoms with E-state index in [1.807, 2.05) is 47.4 Å². The van der Waals surface area contributed by atoms with Gasteiger partial charge in [0.2, 0.25) is 5.91 Å². The molecule has 0 N–H and O–H groups in total. The predicted molar refractivity (Wildman–Crippen MR) is 107 cm³/mol. The number of hydrogen-bond donors (Lipinski definition) is 0. The highest BCUT2D eigenvalue weighted by molar-refractivity contribution is 8.01. The normalized spacial score (nSPS) is 13.7. The van der Waals surface area contributed by atoms with E-state index >= 15 is 0 Å². The molecule has 0 spiro atoms. The van der Waals surface area contributed by atoms with E-state index in [0.29, 0.717) is 18.3 Å². The van der Waals surface area contributed by atoms with Gasteiger partial charge in [-0.3, -0.25) is 4.79 Å². The van der Waals surface area contributed by atoms with Crippen LogP contribution in [0.3, 0.4) is 0 Å². The number of amides is 1. The molecule has 0 saturated heterocycles. The third kappa shape index (κ3) is 4.02. The molecule has 0 aliphatic heterocycles. The maximum atomic E-state index is 12.8. The van der Waals surface area contributed by atoms with E-state index < -0.39 is 0 Å². The van der Waals surface area contributed by atoms with Gasteiger partial charge in [-0.1, -0.05) is 36.0 Å². The second kappa shape index (κ2) is 7.68. The molecule has 2 aromatic carbocycles. The van der Waals surface area contributed by atoms with Crippen LogP contribution < -0.4 is 4.74 Å². The van der Waals surface area contributed by atoms with Crippen molar-refractivity contribution >= 4 is 39.2 Å². The smallest absolute Gasteiger partial charge is 0.233 e. The van der Waals surface area contributed by atoms with Crippen LogP contribution in [-0.2, 0) is 11.3 Å². The fourth-order valence-electron chi connectivity index (χ4n) is 2.85. The summed E-state index contributed by atoms with van der Waals surface area (Å²) in [7, 11) is 1.66. The summed E-state index contributed by atoms with van der Waals surface area (Å²) in [6.45, 7) is 0.661. The molecule has 1 amide bonds. The Morgan fingerprint density at radius 3 is 2.69 bits per heavy atom. The van der Waals surface area contributed by atoms with E-state index in [1.165, 1.54) is 4.70 Å². The third-order valence-corrected chi connectivity index (χ3v) is 6.58. The van der Waals surface area contributed by atoms with Gasteiger partial charge in [0.15, 0.2) is 4.34 Å². The van der Waals surface area contributed by atoms with Crippen molar-refractivity contribution in [3.05, 3.63) is 54.1 Å². The summed E-state index contributed by atoms with van der Waals surface area (Å²) < 4.78 is 7.33. The topological polar surface area (TPSA) is 42.4 Å². The van der Waals surface area contributed by atoms with Crippen LogP contribution in [-0.4, -0.2) is 34.7 Å². The van der Waals surface area contributed by atoms with Crippen molar-refractivity contribution in [2.75, 3.05) is 12.9 Å². The molecule has 1 heterocycles. The Balaban J connectivity index is 1.40. The van der Waals surface area contributed by atoms with Crippen LogP contribution in [0.5, 0.6) is 5.75 Å². The van der Waals surface area contributed by atoms with E-state index in [1.54, 1.807) is 30.2 Å². The van der Waals surface area contributed by atoms with E-state index in [9.17, 15) is 4.79 Å². The number of rotatable bonds is 7. The minimum absolute atomic E-state index is 0.188. The fourth-order valence-corrected chi connectivity index (χ4v) is 4.81. The summed E-state index contributed by atoms with van der Waals surface area (Å²) in [5.74, 6) is 1.46. The molecule has 134 valence electrons. The molecule has 4 rings (SSSR count).